The minimum atomic E-state index is -0.203. The van der Waals surface area contributed by atoms with Crippen LogP contribution in [0.1, 0.15) is 24.2 Å². The topological polar surface area (TPSA) is 79.5 Å². The molecule has 0 atom stereocenters. The third kappa shape index (κ3) is 6.38. The highest BCUT2D eigenvalue weighted by Gasteiger charge is 2.07. The zero-order chi connectivity index (χ0) is 21.3. The number of hydrogen-bond donors (Lipinski definition) is 3. The molecule has 0 aromatic heterocycles. The predicted octanol–water partition coefficient (Wildman–Crippen LogP) is 4.78. The smallest absolute Gasteiger partial charge is 0.255 e. The molecule has 3 aromatic rings. The van der Waals surface area contributed by atoms with Crippen molar-refractivity contribution in [3.05, 3.63) is 84.4 Å². The van der Waals surface area contributed by atoms with Crippen LogP contribution in [0.25, 0.3) is 0 Å². The average Bonchev–Trinajstić information content (AvgIpc) is 2.74. The molecule has 0 saturated heterocycles. The van der Waals surface area contributed by atoms with Gasteiger partial charge in [0.25, 0.3) is 5.91 Å². The maximum atomic E-state index is 12.3. The van der Waals surface area contributed by atoms with Crippen molar-refractivity contribution in [2.45, 2.75) is 20.0 Å². The van der Waals surface area contributed by atoms with Gasteiger partial charge in [0.1, 0.15) is 5.75 Å². The van der Waals surface area contributed by atoms with Crippen molar-refractivity contribution in [3.8, 4) is 5.75 Å². The second-order valence-corrected chi connectivity index (χ2v) is 6.99. The summed E-state index contributed by atoms with van der Waals surface area (Å²) in [6, 6.07) is 23.5. The van der Waals surface area contributed by atoms with Gasteiger partial charge < -0.3 is 20.7 Å². The molecule has 0 bridgehead atoms. The summed E-state index contributed by atoms with van der Waals surface area (Å²) in [5.41, 5.74) is 2.61. The number of rotatable bonds is 8. The number of ether oxygens (including phenoxy) is 1. The van der Waals surface area contributed by atoms with Gasteiger partial charge >= 0.3 is 0 Å². The lowest BCUT2D eigenvalue weighted by molar-refractivity contribution is -0.114. The molecule has 3 N–H and O–H groups in total. The standard InChI is InChI=1S/C24H25N3O3/c1-17(2)30-22-13-11-19(12-14-22)25-16-23(28)26-20-9-6-10-21(15-20)27-24(29)18-7-4-3-5-8-18/h3-15,17,25H,16H2,1-2H3,(H,26,28)(H,27,29). The van der Waals surface area contributed by atoms with Gasteiger partial charge in [-0.1, -0.05) is 24.3 Å². The quantitative estimate of drug-likeness (QED) is 0.506. The van der Waals surface area contributed by atoms with E-state index >= 15 is 0 Å². The molecule has 0 heterocycles. The second-order valence-electron chi connectivity index (χ2n) is 6.99. The van der Waals surface area contributed by atoms with Crippen LogP contribution in [0.2, 0.25) is 0 Å². The van der Waals surface area contributed by atoms with Crippen molar-refractivity contribution in [3.63, 3.8) is 0 Å². The van der Waals surface area contributed by atoms with Crippen LogP contribution in [-0.2, 0) is 4.79 Å². The van der Waals surface area contributed by atoms with Gasteiger partial charge in [-0.05, 0) is 68.4 Å². The first-order valence-electron chi connectivity index (χ1n) is 9.76. The normalized spacial score (nSPS) is 10.4. The molecule has 30 heavy (non-hydrogen) atoms. The Balaban J connectivity index is 1.51. The number of nitrogens with one attached hydrogen (secondary N) is 3. The first-order chi connectivity index (χ1) is 14.5. The number of benzene rings is 3. The largest absolute Gasteiger partial charge is 0.491 e. The molecule has 0 saturated carbocycles. The number of anilines is 3. The van der Waals surface area contributed by atoms with E-state index in [2.05, 4.69) is 16.0 Å². The molecule has 0 radical (unpaired) electrons. The van der Waals surface area contributed by atoms with Crippen molar-refractivity contribution >= 4 is 28.9 Å². The highest BCUT2D eigenvalue weighted by atomic mass is 16.5. The van der Waals surface area contributed by atoms with Gasteiger partial charge in [-0.3, -0.25) is 9.59 Å². The van der Waals surface area contributed by atoms with E-state index in [4.69, 9.17) is 4.74 Å². The highest BCUT2D eigenvalue weighted by molar-refractivity contribution is 6.04. The van der Waals surface area contributed by atoms with Gasteiger partial charge in [-0.2, -0.15) is 0 Å². The van der Waals surface area contributed by atoms with E-state index in [0.717, 1.165) is 11.4 Å². The van der Waals surface area contributed by atoms with E-state index in [-0.39, 0.29) is 24.5 Å². The van der Waals surface area contributed by atoms with E-state index < -0.39 is 0 Å². The Morgan fingerprint density at radius 3 is 2.13 bits per heavy atom. The number of hydrogen-bond acceptors (Lipinski definition) is 4. The fourth-order valence-corrected chi connectivity index (χ4v) is 2.78. The van der Waals surface area contributed by atoms with Crippen molar-refractivity contribution in [2.75, 3.05) is 22.5 Å². The Morgan fingerprint density at radius 2 is 1.47 bits per heavy atom. The Bertz CT molecular complexity index is 986. The van der Waals surface area contributed by atoms with Crippen LogP contribution in [0.15, 0.2) is 78.9 Å². The Labute approximate surface area is 176 Å². The number of carbonyl (C=O) groups is 2. The molecule has 6 nitrogen and oxygen atoms in total. The molecule has 0 aliphatic rings. The molecule has 2 amide bonds. The Morgan fingerprint density at radius 1 is 0.800 bits per heavy atom. The van der Waals surface area contributed by atoms with Crippen LogP contribution in [-0.4, -0.2) is 24.5 Å². The Kier molecular flexibility index (Phi) is 7.05. The molecule has 0 aliphatic carbocycles. The fourth-order valence-electron chi connectivity index (χ4n) is 2.78. The molecule has 154 valence electrons. The molecule has 3 rings (SSSR count). The van der Waals surface area contributed by atoms with Crippen molar-refractivity contribution in [1.29, 1.82) is 0 Å². The average molecular weight is 403 g/mol. The van der Waals surface area contributed by atoms with E-state index in [1.165, 1.54) is 0 Å². The summed E-state index contributed by atoms with van der Waals surface area (Å²) < 4.78 is 5.60. The molecule has 3 aromatic carbocycles. The van der Waals surface area contributed by atoms with Crippen LogP contribution in [0.5, 0.6) is 5.75 Å². The number of carbonyl (C=O) groups excluding carboxylic acids is 2. The lowest BCUT2D eigenvalue weighted by Gasteiger charge is -2.12. The van der Waals surface area contributed by atoms with Gasteiger partial charge in [0.15, 0.2) is 0 Å². The summed E-state index contributed by atoms with van der Waals surface area (Å²) in [5.74, 6) is 0.393. The van der Waals surface area contributed by atoms with Crippen LogP contribution in [0.4, 0.5) is 17.1 Å². The van der Waals surface area contributed by atoms with E-state index in [0.29, 0.717) is 16.9 Å². The molecule has 0 fully saturated rings. The summed E-state index contributed by atoms with van der Waals surface area (Å²) in [7, 11) is 0. The minimum Gasteiger partial charge on any atom is -0.491 e. The maximum absolute atomic E-state index is 12.3. The molecule has 0 spiro atoms. The maximum Gasteiger partial charge on any atom is 0.255 e. The van der Waals surface area contributed by atoms with E-state index in [1.807, 2.05) is 56.3 Å². The first kappa shape index (κ1) is 20.9. The highest BCUT2D eigenvalue weighted by Crippen LogP contribution is 2.18. The van der Waals surface area contributed by atoms with Crippen LogP contribution >= 0.6 is 0 Å². The predicted molar refractivity (Wildman–Crippen MR) is 120 cm³/mol. The zero-order valence-electron chi connectivity index (χ0n) is 17.0. The van der Waals surface area contributed by atoms with Crippen molar-refractivity contribution < 1.29 is 14.3 Å². The third-order valence-electron chi connectivity index (χ3n) is 4.12. The van der Waals surface area contributed by atoms with Gasteiger partial charge in [-0.15, -0.1) is 0 Å². The Hall–Kier alpha value is -3.80. The van der Waals surface area contributed by atoms with E-state index in [1.54, 1.807) is 36.4 Å². The summed E-state index contributed by atoms with van der Waals surface area (Å²) in [6.07, 6.45) is 0.114. The zero-order valence-corrected chi connectivity index (χ0v) is 17.0. The third-order valence-corrected chi connectivity index (χ3v) is 4.12. The van der Waals surface area contributed by atoms with Gasteiger partial charge in [-0.25, -0.2) is 0 Å². The van der Waals surface area contributed by atoms with Crippen molar-refractivity contribution in [1.82, 2.24) is 0 Å². The lowest BCUT2D eigenvalue weighted by atomic mass is 10.2. The van der Waals surface area contributed by atoms with Crippen LogP contribution < -0.4 is 20.7 Å². The summed E-state index contributed by atoms with van der Waals surface area (Å²) in [4.78, 5) is 24.5. The fraction of sp³-hybridized carbons (Fsp3) is 0.167. The SMILES string of the molecule is CC(C)Oc1ccc(NCC(=O)Nc2cccc(NC(=O)c3ccccc3)c2)cc1. The first-order valence-corrected chi connectivity index (χ1v) is 9.76. The number of amides is 2. The van der Waals surface area contributed by atoms with Crippen molar-refractivity contribution in [2.24, 2.45) is 0 Å². The molecular weight excluding hydrogens is 378 g/mol. The van der Waals surface area contributed by atoms with Gasteiger partial charge in [0.2, 0.25) is 5.91 Å². The monoisotopic (exact) mass is 403 g/mol. The lowest BCUT2D eigenvalue weighted by Crippen LogP contribution is -2.21. The van der Waals surface area contributed by atoms with Gasteiger partial charge in [0.05, 0.1) is 12.6 Å². The summed E-state index contributed by atoms with van der Waals surface area (Å²) in [5, 5.41) is 8.73. The minimum absolute atomic E-state index is 0.114. The van der Waals surface area contributed by atoms with E-state index in [9.17, 15) is 9.59 Å². The summed E-state index contributed by atoms with van der Waals surface area (Å²) >= 11 is 0. The molecule has 6 heteroatoms. The van der Waals surface area contributed by atoms with Crippen LogP contribution in [0.3, 0.4) is 0 Å². The summed E-state index contributed by atoms with van der Waals surface area (Å²) in [6.45, 7) is 4.06. The molecule has 0 unspecified atom stereocenters. The molecular formula is C24H25N3O3. The molecule has 0 aliphatic heterocycles. The van der Waals surface area contributed by atoms with Gasteiger partial charge in [0, 0.05) is 22.6 Å². The second kappa shape index (κ2) is 10.1. The van der Waals surface area contributed by atoms with Crippen LogP contribution in [0, 0.1) is 0 Å².